The standard InChI is InChI=1S/C13H19BrN2O2/c1-10-9-11(14)3-4-12(10)16-13(17)5-6-15-7-8-18-2/h3-4,9,15H,5-8H2,1-2H3,(H,16,17). The lowest BCUT2D eigenvalue weighted by atomic mass is 10.2. The van der Waals surface area contributed by atoms with Crippen molar-refractivity contribution in [3.63, 3.8) is 0 Å². The highest BCUT2D eigenvalue weighted by atomic mass is 79.9. The fraction of sp³-hybridized carbons (Fsp3) is 0.462. The fourth-order valence-corrected chi connectivity index (χ4v) is 1.96. The molecule has 1 rings (SSSR count). The van der Waals surface area contributed by atoms with Gasteiger partial charge in [-0.1, -0.05) is 15.9 Å². The van der Waals surface area contributed by atoms with Crippen LogP contribution in [0.3, 0.4) is 0 Å². The first-order valence-electron chi connectivity index (χ1n) is 5.89. The topological polar surface area (TPSA) is 50.4 Å². The van der Waals surface area contributed by atoms with Crippen LogP contribution in [0.1, 0.15) is 12.0 Å². The van der Waals surface area contributed by atoms with Crippen LogP contribution in [-0.2, 0) is 9.53 Å². The summed E-state index contributed by atoms with van der Waals surface area (Å²) in [6, 6.07) is 5.79. The molecule has 18 heavy (non-hydrogen) atoms. The van der Waals surface area contributed by atoms with Gasteiger partial charge in [0.2, 0.25) is 5.91 Å². The molecule has 0 aliphatic heterocycles. The van der Waals surface area contributed by atoms with Crippen LogP contribution in [0.15, 0.2) is 22.7 Å². The van der Waals surface area contributed by atoms with Crippen LogP contribution in [0.2, 0.25) is 0 Å². The molecule has 1 aromatic carbocycles. The maximum absolute atomic E-state index is 11.7. The summed E-state index contributed by atoms with van der Waals surface area (Å²) in [4.78, 5) is 11.7. The van der Waals surface area contributed by atoms with Gasteiger partial charge >= 0.3 is 0 Å². The van der Waals surface area contributed by atoms with Gasteiger partial charge in [-0.2, -0.15) is 0 Å². The summed E-state index contributed by atoms with van der Waals surface area (Å²) in [6.45, 7) is 4.05. The molecular weight excluding hydrogens is 296 g/mol. The zero-order chi connectivity index (χ0) is 13.4. The first kappa shape index (κ1) is 15.1. The van der Waals surface area contributed by atoms with Gasteiger partial charge in [0.1, 0.15) is 0 Å². The molecule has 0 saturated carbocycles. The molecule has 0 unspecified atom stereocenters. The second-order valence-electron chi connectivity index (χ2n) is 4.00. The predicted molar refractivity (Wildman–Crippen MR) is 76.9 cm³/mol. The van der Waals surface area contributed by atoms with E-state index in [1.807, 2.05) is 25.1 Å². The van der Waals surface area contributed by atoms with Gasteiger partial charge in [-0.15, -0.1) is 0 Å². The van der Waals surface area contributed by atoms with E-state index >= 15 is 0 Å². The first-order valence-corrected chi connectivity index (χ1v) is 6.68. The number of carbonyl (C=O) groups excluding carboxylic acids is 1. The predicted octanol–water partition coefficient (Wildman–Crippen LogP) is 2.32. The monoisotopic (exact) mass is 314 g/mol. The molecule has 4 nitrogen and oxygen atoms in total. The zero-order valence-corrected chi connectivity index (χ0v) is 12.3. The Kier molecular flexibility index (Phi) is 6.93. The fourth-order valence-electron chi connectivity index (χ4n) is 1.48. The zero-order valence-electron chi connectivity index (χ0n) is 10.8. The number of methoxy groups -OCH3 is 1. The summed E-state index contributed by atoms with van der Waals surface area (Å²) in [5.74, 6) is 0.0188. The van der Waals surface area contributed by atoms with Crippen molar-refractivity contribution in [3.8, 4) is 0 Å². The smallest absolute Gasteiger partial charge is 0.225 e. The molecule has 1 amide bonds. The van der Waals surface area contributed by atoms with Crippen LogP contribution in [0.4, 0.5) is 5.69 Å². The number of benzene rings is 1. The number of hydrogen-bond donors (Lipinski definition) is 2. The number of hydrogen-bond acceptors (Lipinski definition) is 3. The van der Waals surface area contributed by atoms with Crippen molar-refractivity contribution >= 4 is 27.5 Å². The maximum atomic E-state index is 11.7. The third kappa shape index (κ3) is 5.62. The molecule has 0 heterocycles. The van der Waals surface area contributed by atoms with E-state index in [0.717, 1.165) is 22.3 Å². The van der Waals surface area contributed by atoms with E-state index in [2.05, 4.69) is 26.6 Å². The lowest BCUT2D eigenvalue weighted by Gasteiger charge is -2.09. The molecular formula is C13H19BrN2O2. The third-order valence-corrected chi connectivity index (χ3v) is 2.97. The Morgan fingerprint density at radius 2 is 2.17 bits per heavy atom. The van der Waals surface area contributed by atoms with Crippen LogP contribution in [0, 0.1) is 6.92 Å². The van der Waals surface area contributed by atoms with Crippen molar-refractivity contribution in [1.82, 2.24) is 5.32 Å². The second-order valence-corrected chi connectivity index (χ2v) is 4.92. The van der Waals surface area contributed by atoms with Gasteiger partial charge in [0.15, 0.2) is 0 Å². The summed E-state index contributed by atoms with van der Waals surface area (Å²) in [6.07, 6.45) is 0.458. The number of rotatable bonds is 7. The van der Waals surface area contributed by atoms with Crippen molar-refractivity contribution in [1.29, 1.82) is 0 Å². The molecule has 0 radical (unpaired) electrons. The minimum atomic E-state index is 0.0188. The van der Waals surface area contributed by atoms with Crippen molar-refractivity contribution < 1.29 is 9.53 Å². The summed E-state index contributed by atoms with van der Waals surface area (Å²) in [7, 11) is 1.66. The van der Waals surface area contributed by atoms with E-state index in [1.54, 1.807) is 7.11 Å². The van der Waals surface area contributed by atoms with Crippen LogP contribution >= 0.6 is 15.9 Å². The van der Waals surface area contributed by atoms with Crippen LogP contribution in [-0.4, -0.2) is 32.7 Å². The van der Waals surface area contributed by atoms with Gasteiger partial charge in [-0.3, -0.25) is 4.79 Å². The average molecular weight is 315 g/mol. The highest BCUT2D eigenvalue weighted by molar-refractivity contribution is 9.10. The Hall–Kier alpha value is -0.910. The lowest BCUT2D eigenvalue weighted by molar-refractivity contribution is -0.116. The molecule has 0 atom stereocenters. The largest absolute Gasteiger partial charge is 0.383 e. The van der Waals surface area contributed by atoms with E-state index < -0.39 is 0 Å². The van der Waals surface area contributed by atoms with E-state index in [4.69, 9.17) is 4.74 Å². The van der Waals surface area contributed by atoms with E-state index in [0.29, 0.717) is 19.6 Å². The number of ether oxygens (including phenoxy) is 1. The average Bonchev–Trinajstić information content (AvgIpc) is 2.32. The molecule has 0 aliphatic carbocycles. The van der Waals surface area contributed by atoms with Gasteiger partial charge in [0.05, 0.1) is 6.61 Å². The Labute approximate surface area is 116 Å². The van der Waals surface area contributed by atoms with E-state index in [9.17, 15) is 4.79 Å². The molecule has 0 aromatic heterocycles. The third-order valence-electron chi connectivity index (χ3n) is 2.47. The SMILES string of the molecule is COCCNCCC(=O)Nc1ccc(Br)cc1C. The number of anilines is 1. The first-order chi connectivity index (χ1) is 8.63. The van der Waals surface area contributed by atoms with Crippen molar-refractivity contribution in [2.24, 2.45) is 0 Å². The second kappa shape index (κ2) is 8.24. The minimum Gasteiger partial charge on any atom is -0.383 e. The summed E-state index contributed by atoms with van der Waals surface area (Å²) < 4.78 is 5.92. The van der Waals surface area contributed by atoms with Gasteiger partial charge in [-0.05, 0) is 30.7 Å². The molecule has 2 N–H and O–H groups in total. The van der Waals surface area contributed by atoms with Crippen LogP contribution in [0.5, 0.6) is 0 Å². The molecule has 0 spiro atoms. The number of nitrogens with one attached hydrogen (secondary N) is 2. The Morgan fingerprint density at radius 1 is 1.39 bits per heavy atom. The normalized spacial score (nSPS) is 10.4. The van der Waals surface area contributed by atoms with Crippen molar-refractivity contribution in [2.45, 2.75) is 13.3 Å². The van der Waals surface area contributed by atoms with Gasteiger partial charge < -0.3 is 15.4 Å². The van der Waals surface area contributed by atoms with E-state index in [1.165, 1.54) is 0 Å². The Bertz CT molecular complexity index is 397. The van der Waals surface area contributed by atoms with Crippen LogP contribution < -0.4 is 10.6 Å². The Morgan fingerprint density at radius 3 is 2.83 bits per heavy atom. The molecule has 0 aliphatic rings. The van der Waals surface area contributed by atoms with Crippen LogP contribution in [0.25, 0.3) is 0 Å². The number of halogens is 1. The molecule has 100 valence electrons. The summed E-state index contributed by atoms with van der Waals surface area (Å²) in [5.41, 5.74) is 1.91. The summed E-state index contributed by atoms with van der Waals surface area (Å²) >= 11 is 3.39. The Balaban J connectivity index is 2.31. The minimum absolute atomic E-state index is 0.0188. The molecule has 0 fully saturated rings. The van der Waals surface area contributed by atoms with Gasteiger partial charge in [-0.25, -0.2) is 0 Å². The molecule has 0 saturated heterocycles. The lowest BCUT2D eigenvalue weighted by Crippen LogP contribution is -2.24. The van der Waals surface area contributed by atoms with E-state index in [-0.39, 0.29) is 5.91 Å². The van der Waals surface area contributed by atoms with Crippen molar-refractivity contribution in [2.75, 3.05) is 32.1 Å². The highest BCUT2D eigenvalue weighted by Gasteiger charge is 2.04. The van der Waals surface area contributed by atoms with Gasteiger partial charge in [0.25, 0.3) is 0 Å². The highest BCUT2D eigenvalue weighted by Crippen LogP contribution is 2.19. The van der Waals surface area contributed by atoms with Crippen molar-refractivity contribution in [3.05, 3.63) is 28.2 Å². The number of carbonyl (C=O) groups is 1. The maximum Gasteiger partial charge on any atom is 0.225 e. The number of aryl methyl sites for hydroxylation is 1. The summed E-state index contributed by atoms with van der Waals surface area (Å²) in [5, 5.41) is 6.03. The molecule has 5 heteroatoms. The van der Waals surface area contributed by atoms with Gasteiger partial charge in [0, 0.05) is 36.8 Å². The quantitative estimate of drug-likeness (QED) is 0.759. The molecule has 1 aromatic rings. The molecule has 0 bridgehead atoms. The number of amides is 1.